The van der Waals surface area contributed by atoms with Gasteiger partial charge in [0.15, 0.2) is 5.52 Å². The van der Waals surface area contributed by atoms with E-state index in [2.05, 4.69) is 101 Å². The molecule has 3 aromatic heterocycles. The molecule has 3 heteroatoms. The predicted octanol–water partition coefficient (Wildman–Crippen LogP) is 5.22. The van der Waals surface area contributed by atoms with Gasteiger partial charge >= 0.3 is 0 Å². The van der Waals surface area contributed by atoms with Crippen molar-refractivity contribution < 1.29 is 4.40 Å². The molecule has 0 saturated heterocycles. The van der Waals surface area contributed by atoms with Gasteiger partial charge in [-0.1, -0.05) is 31.5 Å². The normalized spacial score (nSPS) is 11.8. The van der Waals surface area contributed by atoms with Crippen LogP contribution in [0.2, 0.25) is 0 Å². The first kappa shape index (κ1) is 16.1. The highest BCUT2D eigenvalue weighted by Gasteiger charge is 2.16. The molecule has 0 fully saturated rings. The second kappa shape index (κ2) is 6.27. The molecular weight excluding hydrogens is 330 g/mol. The molecule has 0 unspecified atom stereocenters. The zero-order chi connectivity index (χ0) is 18.4. The van der Waals surface area contributed by atoms with Crippen molar-refractivity contribution in [1.82, 2.24) is 4.40 Å². The van der Waals surface area contributed by atoms with Crippen LogP contribution in [0.5, 0.6) is 0 Å². The van der Waals surface area contributed by atoms with E-state index in [0.29, 0.717) is 0 Å². The number of hydrogen-bond donors (Lipinski definition) is 0. The Morgan fingerprint density at radius 1 is 0.926 bits per heavy atom. The number of benzene rings is 2. The van der Waals surface area contributed by atoms with Gasteiger partial charge < -0.3 is 4.90 Å². The Balaban J connectivity index is 1.74. The summed E-state index contributed by atoms with van der Waals surface area (Å²) >= 11 is 0. The fourth-order valence-electron chi connectivity index (χ4n) is 4.05. The molecule has 5 rings (SSSR count). The number of fused-ring (bicyclic) bond motifs is 7. The summed E-state index contributed by atoms with van der Waals surface area (Å²) in [5.74, 6) is 0. The highest BCUT2D eigenvalue weighted by molar-refractivity contribution is 5.86. The molecular formula is C24H24N3+. The first-order valence-corrected chi connectivity index (χ1v) is 9.75. The lowest BCUT2D eigenvalue weighted by molar-refractivity contribution is -0.479. The number of aromatic nitrogens is 2. The lowest BCUT2D eigenvalue weighted by atomic mass is 10.1. The zero-order valence-electron chi connectivity index (χ0n) is 15.9. The largest absolute Gasteiger partial charge is 0.375 e. The number of rotatable bonds is 4. The quantitative estimate of drug-likeness (QED) is 0.403. The van der Waals surface area contributed by atoms with Crippen molar-refractivity contribution in [2.45, 2.75) is 19.8 Å². The molecule has 0 saturated carbocycles. The van der Waals surface area contributed by atoms with Gasteiger partial charge in [0.25, 0.3) is 5.65 Å². The van der Waals surface area contributed by atoms with Crippen molar-refractivity contribution in [3.63, 3.8) is 0 Å². The van der Waals surface area contributed by atoms with Gasteiger partial charge in [-0.05, 0) is 48.9 Å². The summed E-state index contributed by atoms with van der Waals surface area (Å²) in [7, 11) is 2.18. The first-order valence-electron chi connectivity index (χ1n) is 9.75. The Hall–Kier alpha value is -3.07. The van der Waals surface area contributed by atoms with E-state index in [1.807, 2.05) is 0 Å². The number of unbranched alkanes of at least 4 members (excludes halogenated alkanes) is 1. The number of imidazole rings is 1. The molecule has 0 spiro atoms. The SMILES string of the molecule is CCCCN(C)c1ccc2c(ccc3n4c(ccc5ccccc54)c[n+]23)c1. The Kier molecular flexibility index (Phi) is 3.75. The number of para-hydroxylation sites is 1. The van der Waals surface area contributed by atoms with Gasteiger partial charge in [0.2, 0.25) is 0 Å². The monoisotopic (exact) mass is 354 g/mol. The van der Waals surface area contributed by atoms with Crippen LogP contribution in [0.25, 0.3) is 33.0 Å². The van der Waals surface area contributed by atoms with E-state index < -0.39 is 0 Å². The molecule has 3 nitrogen and oxygen atoms in total. The van der Waals surface area contributed by atoms with E-state index in [4.69, 9.17) is 0 Å². The lowest BCUT2D eigenvalue weighted by Gasteiger charge is -2.19. The Labute approximate surface area is 159 Å². The molecule has 0 N–H and O–H groups in total. The summed E-state index contributed by atoms with van der Waals surface area (Å²) in [5, 5.41) is 2.53. The average Bonchev–Trinajstić information content (AvgIpc) is 3.11. The lowest BCUT2D eigenvalue weighted by Crippen LogP contribution is -2.21. The Bertz CT molecular complexity index is 1280. The maximum atomic E-state index is 2.35. The highest BCUT2D eigenvalue weighted by atomic mass is 15.1. The Morgan fingerprint density at radius 2 is 1.78 bits per heavy atom. The van der Waals surface area contributed by atoms with E-state index in [0.717, 1.165) is 6.54 Å². The van der Waals surface area contributed by atoms with Crippen LogP contribution in [0.3, 0.4) is 0 Å². The first-order chi connectivity index (χ1) is 13.3. The van der Waals surface area contributed by atoms with Crippen molar-refractivity contribution in [1.29, 1.82) is 0 Å². The molecule has 0 aliphatic rings. The van der Waals surface area contributed by atoms with Gasteiger partial charge in [0, 0.05) is 36.1 Å². The molecule has 0 atom stereocenters. The number of nitrogens with zero attached hydrogens (tertiary/aromatic N) is 3. The minimum atomic E-state index is 1.10. The van der Waals surface area contributed by atoms with Crippen molar-refractivity contribution in [2.24, 2.45) is 0 Å². The minimum absolute atomic E-state index is 1.10. The van der Waals surface area contributed by atoms with Crippen molar-refractivity contribution in [3.05, 3.63) is 72.9 Å². The molecule has 3 heterocycles. The summed E-state index contributed by atoms with van der Waals surface area (Å²) in [6.45, 7) is 3.34. The van der Waals surface area contributed by atoms with Crippen LogP contribution < -0.4 is 9.30 Å². The van der Waals surface area contributed by atoms with Crippen molar-refractivity contribution in [3.8, 4) is 0 Å². The van der Waals surface area contributed by atoms with Crippen LogP contribution in [-0.4, -0.2) is 18.0 Å². The maximum absolute atomic E-state index is 2.35. The van der Waals surface area contributed by atoms with Gasteiger partial charge in [-0.3, -0.25) is 0 Å². The van der Waals surface area contributed by atoms with Gasteiger partial charge in [0.1, 0.15) is 17.2 Å². The summed E-state index contributed by atoms with van der Waals surface area (Å²) < 4.78 is 4.66. The standard InChI is InChI=1S/C24H24N3/c1-3-4-15-25(2)20-12-13-22-19(16-20)10-14-24-26(22)17-21-11-9-18-7-5-6-8-23(18)27(21)24/h5-14,16-17H,3-4,15H2,1-2H3/q+1. The van der Waals surface area contributed by atoms with Crippen LogP contribution in [0.4, 0.5) is 5.69 Å². The molecule has 134 valence electrons. The molecule has 0 amide bonds. The Morgan fingerprint density at radius 3 is 2.67 bits per heavy atom. The topological polar surface area (TPSA) is 11.8 Å². The van der Waals surface area contributed by atoms with Crippen LogP contribution in [0, 0.1) is 0 Å². The van der Waals surface area contributed by atoms with Crippen molar-refractivity contribution in [2.75, 3.05) is 18.5 Å². The fourth-order valence-corrected chi connectivity index (χ4v) is 4.05. The smallest absolute Gasteiger partial charge is 0.292 e. The van der Waals surface area contributed by atoms with Gasteiger partial charge in [-0.2, -0.15) is 8.80 Å². The fraction of sp³-hybridized carbons (Fsp3) is 0.208. The van der Waals surface area contributed by atoms with Crippen LogP contribution in [0.1, 0.15) is 19.8 Å². The van der Waals surface area contributed by atoms with E-state index >= 15 is 0 Å². The number of pyridine rings is 2. The second-order valence-electron chi connectivity index (χ2n) is 7.36. The molecule has 0 aliphatic heterocycles. The third-order valence-corrected chi connectivity index (χ3v) is 5.58. The molecule has 27 heavy (non-hydrogen) atoms. The number of anilines is 1. The van der Waals surface area contributed by atoms with Gasteiger partial charge in [0.05, 0.1) is 0 Å². The molecule has 5 aromatic rings. The molecule has 0 bridgehead atoms. The molecule has 0 radical (unpaired) electrons. The van der Waals surface area contributed by atoms with E-state index in [9.17, 15) is 0 Å². The summed E-state index contributed by atoms with van der Waals surface area (Å²) in [6.07, 6.45) is 4.69. The predicted molar refractivity (Wildman–Crippen MR) is 114 cm³/mol. The summed E-state index contributed by atoms with van der Waals surface area (Å²) in [4.78, 5) is 2.35. The van der Waals surface area contributed by atoms with Gasteiger partial charge in [-0.25, -0.2) is 0 Å². The van der Waals surface area contributed by atoms with Crippen LogP contribution in [0.15, 0.2) is 72.9 Å². The molecule has 2 aromatic carbocycles. The van der Waals surface area contributed by atoms with E-state index in [-0.39, 0.29) is 0 Å². The third-order valence-electron chi connectivity index (χ3n) is 5.58. The maximum Gasteiger partial charge on any atom is 0.292 e. The minimum Gasteiger partial charge on any atom is -0.375 e. The van der Waals surface area contributed by atoms with Gasteiger partial charge in [-0.15, -0.1) is 0 Å². The third kappa shape index (κ3) is 2.54. The van der Waals surface area contributed by atoms with Crippen molar-refractivity contribution >= 4 is 38.7 Å². The molecule has 0 aliphatic carbocycles. The zero-order valence-corrected chi connectivity index (χ0v) is 15.9. The van der Waals surface area contributed by atoms with E-state index in [1.54, 1.807) is 0 Å². The van der Waals surface area contributed by atoms with Crippen LogP contribution in [-0.2, 0) is 0 Å². The summed E-state index contributed by atoms with van der Waals surface area (Å²) in [6, 6.07) is 24.2. The average molecular weight is 354 g/mol. The highest BCUT2D eigenvalue weighted by Crippen LogP contribution is 2.23. The second-order valence-corrected chi connectivity index (χ2v) is 7.36. The number of hydrogen-bond acceptors (Lipinski definition) is 1. The van der Waals surface area contributed by atoms with Crippen LogP contribution >= 0.6 is 0 Å². The van der Waals surface area contributed by atoms with E-state index in [1.165, 1.54) is 51.5 Å². The summed E-state index contributed by atoms with van der Waals surface area (Å²) in [5.41, 5.74) is 6.18.